The molecule has 1 fully saturated rings. The molecule has 1 heterocycles. The zero-order valence-corrected chi connectivity index (χ0v) is 12.4. The fourth-order valence-electron chi connectivity index (χ4n) is 2.41. The molecule has 2 rings (SSSR count). The molecule has 0 radical (unpaired) electrons. The van der Waals surface area contributed by atoms with E-state index >= 15 is 0 Å². The summed E-state index contributed by atoms with van der Waals surface area (Å²) in [4.78, 5) is 24.5. The molecule has 6 nitrogen and oxygen atoms in total. The van der Waals surface area contributed by atoms with Crippen LogP contribution in [-0.4, -0.2) is 40.5 Å². The summed E-state index contributed by atoms with van der Waals surface area (Å²) in [6.45, 7) is 1.05. The summed E-state index contributed by atoms with van der Waals surface area (Å²) in [6.07, 6.45) is 1.68. The van der Waals surface area contributed by atoms with Crippen LogP contribution in [0.15, 0.2) is 22.7 Å². The third-order valence-electron chi connectivity index (χ3n) is 3.45. The lowest BCUT2D eigenvalue weighted by Gasteiger charge is -2.31. The van der Waals surface area contributed by atoms with Gasteiger partial charge < -0.3 is 10.0 Å². The Hall–Kier alpha value is -1.47. The van der Waals surface area contributed by atoms with E-state index in [1.807, 2.05) is 0 Å². The predicted molar refractivity (Wildman–Crippen MR) is 76.5 cm³/mol. The molecule has 7 heteroatoms. The number of nitro benzene ring substituents is 1. The zero-order chi connectivity index (χ0) is 14.7. The lowest BCUT2D eigenvalue weighted by Crippen LogP contribution is -2.41. The van der Waals surface area contributed by atoms with Gasteiger partial charge in [0.15, 0.2) is 0 Å². The predicted octanol–water partition coefficient (Wildman–Crippen LogP) is 2.20. The van der Waals surface area contributed by atoms with Crippen molar-refractivity contribution in [2.24, 2.45) is 5.92 Å². The SMILES string of the molecule is O=C(c1ccc(Br)cc1[N+](=O)[O-])N1CCCC(CO)C1. The van der Waals surface area contributed by atoms with E-state index in [0.29, 0.717) is 17.6 Å². The molecule has 108 valence electrons. The number of benzene rings is 1. The highest BCUT2D eigenvalue weighted by molar-refractivity contribution is 9.10. The van der Waals surface area contributed by atoms with Crippen molar-refractivity contribution >= 4 is 27.5 Å². The minimum absolute atomic E-state index is 0.0339. The van der Waals surface area contributed by atoms with E-state index in [9.17, 15) is 20.0 Å². The third-order valence-corrected chi connectivity index (χ3v) is 3.94. The average molecular weight is 343 g/mol. The maximum atomic E-state index is 12.4. The van der Waals surface area contributed by atoms with E-state index in [1.165, 1.54) is 12.1 Å². The van der Waals surface area contributed by atoms with Crippen molar-refractivity contribution in [3.05, 3.63) is 38.3 Å². The zero-order valence-electron chi connectivity index (χ0n) is 10.8. The minimum Gasteiger partial charge on any atom is -0.396 e. The molecule has 1 N–H and O–H groups in total. The van der Waals surface area contributed by atoms with Crippen molar-refractivity contribution in [1.29, 1.82) is 0 Å². The molecule has 0 aromatic heterocycles. The van der Waals surface area contributed by atoms with Crippen molar-refractivity contribution in [1.82, 2.24) is 4.90 Å². The number of likely N-dealkylation sites (tertiary alicyclic amines) is 1. The molecule has 0 saturated carbocycles. The maximum absolute atomic E-state index is 12.4. The van der Waals surface area contributed by atoms with Crippen LogP contribution in [0.5, 0.6) is 0 Å². The molecule has 1 amide bonds. The van der Waals surface area contributed by atoms with Crippen molar-refractivity contribution in [3.63, 3.8) is 0 Å². The van der Waals surface area contributed by atoms with Gasteiger partial charge >= 0.3 is 0 Å². The minimum atomic E-state index is -0.550. The van der Waals surface area contributed by atoms with E-state index in [0.717, 1.165) is 12.8 Å². The molecule has 20 heavy (non-hydrogen) atoms. The molecule has 1 unspecified atom stereocenters. The smallest absolute Gasteiger partial charge is 0.283 e. The van der Waals surface area contributed by atoms with Gasteiger partial charge in [0.2, 0.25) is 0 Å². The summed E-state index contributed by atoms with van der Waals surface area (Å²) in [5.41, 5.74) is -0.104. The molecule has 0 spiro atoms. The Morgan fingerprint density at radius 2 is 2.30 bits per heavy atom. The summed E-state index contributed by atoms with van der Waals surface area (Å²) in [7, 11) is 0. The van der Waals surface area contributed by atoms with Gasteiger partial charge in [0.25, 0.3) is 11.6 Å². The molecular weight excluding hydrogens is 328 g/mol. The molecule has 1 aromatic rings. The van der Waals surface area contributed by atoms with E-state index < -0.39 is 4.92 Å². The summed E-state index contributed by atoms with van der Waals surface area (Å²) in [5, 5.41) is 20.2. The Bertz CT molecular complexity index is 535. The first-order valence-corrected chi connectivity index (χ1v) is 7.16. The fourth-order valence-corrected chi connectivity index (χ4v) is 2.75. The Morgan fingerprint density at radius 3 is 2.95 bits per heavy atom. The second kappa shape index (κ2) is 6.32. The van der Waals surface area contributed by atoms with Gasteiger partial charge in [-0.25, -0.2) is 0 Å². The second-order valence-electron chi connectivity index (χ2n) is 4.86. The molecular formula is C13H15BrN2O4. The quantitative estimate of drug-likeness (QED) is 0.674. The van der Waals surface area contributed by atoms with Gasteiger partial charge in [-0.1, -0.05) is 15.9 Å². The Balaban J connectivity index is 2.27. The lowest BCUT2D eigenvalue weighted by molar-refractivity contribution is -0.385. The van der Waals surface area contributed by atoms with Crippen LogP contribution in [0.2, 0.25) is 0 Å². The Morgan fingerprint density at radius 1 is 1.55 bits per heavy atom. The van der Waals surface area contributed by atoms with Gasteiger partial charge in [0, 0.05) is 30.2 Å². The first kappa shape index (κ1) is 14.9. The van der Waals surface area contributed by atoms with Gasteiger partial charge in [-0.05, 0) is 30.9 Å². The van der Waals surface area contributed by atoms with Gasteiger partial charge in [-0.15, -0.1) is 0 Å². The van der Waals surface area contributed by atoms with Crippen molar-refractivity contribution in [2.75, 3.05) is 19.7 Å². The van der Waals surface area contributed by atoms with Crippen molar-refractivity contribution in [2.45, 2.75) is 12.8 Å². The molecule has 0 bridgehead atoms. The number of amides is 1. The molecule has 0 aliphatic carbocycles. The first-order chi connectivity index (χ1) is 9.52. The monoisotopic (exact) mass is 342 g/mol. The number of nitro groups is 1. The standard InChI is InChI=1S/C13H15BrN2O4/c14-10-3-4-11(12(6-10)16(19)20)13(18)15-5-1-2-9(7-15)8-17/h3-4,6,9,17H,1-2,5,7-8H2. The van der Waals surface area contributed by atoms with Crippen molar-refractivity contribution in [3.8, 4) is 0 Å². The van der Waals surface area contributed by atoms with Crippen LogP contribution in [0.25, 0.3) is 0 Å². The number of hydrogen-bond acceptors (Lipinski definition) is 4. The lowest BCUT2D eigenvalue weighted by atomic mass is 9.98. The van der Waals surface area contributed by atoms with Crippen LogP contribution in [0.3, 0.4) is 0 Å². The first-order valence-electron chi connectivity index (χ1n) is 6.37. The number of rotatable bonds is 3. The van der Waals surface area contributed by atoms with Crippen LogP contribution in [0.1, 0.15) is 23.2 Å². The highest BCUT2D eigenvalue weighted by Gasteiger charge is 2.28. The number of carbonyl (C=O) groups excluding carboxylic acids is 1. The van der Waals surface area contributed by atoms with Crippen LogP contribution in [0, 0.1) is 16.0 Å². The third kappa shape index (κ3) is 3.16. The normalized spacial score (nSPS) is 18.9. The second-order valence-corrected chi connectivity index (χ2v) is 5.78. The van der Waals surface area contributed by atoms with Crippen LogP contribution < -0.4 is 0 Å². The van der Waals surface area contributed by atoms with Crippen molar-refractivity contribution < 1.29 is 14.8 Å². The van der Waals surface area contributed by atoms with E-state index in [-0.39, 0.29) is 29.7 Å². The Kier molecular flexibility index (Phi) is 4.72. The molecule has 1 saturated heterocycles. The number of aliphatic hydroxyl groups is 1. The van der Waals surface area contributed by atoms with E-state index in [2.05, 4.69) is 15.9 Å². The number of piperidine rings is 1. The number of nitrogens with zero attached hydrogens (tertiary/aromatic N) is 2. The van der Waals surface area contributed by atoms with Gasteiger partial charge in [-0.3, -0.25) is 14.9 Å². The summed E-state index contributed by atoms with van der Waals surface area (Å²) >= 11 is 3.17. The molecule has 1 atom stereocenters. The Labute approximate surface area is 124 Å². The van der Waals surface area contributed by atoms with E-state index in [4.69, 9.17) is 0 Å². The largest absolute Gasteiger partial charge is 0.396 e. The summed E-state index contributed by atoms with van der Waals surface area (Å²) in [5.74, 6) is -0.287. The molecule has 1 aliphatic rings. The number of halogens is 1. The highest BCUT2D eigenvalue weighted by Crippen LogP contribution is 2.26. The number of aliphatic hydroxyl groups excluding tert-OH is 1. The van der Waals surface area contributed by atoms with Gasteiger partial charge in [0.05, 0.1) is 4.92 Å². The number of hydrogen-bond donors (Lipinski definition) is 1. The van der Waals surface area contributed by atoms with Gasteiger partial charge in [-0.2, -0.15) is 0 Å². The van der Waals surface area contributed by atoms with E-state index in [1.54, 1.807) is 11.0 Å². The molecule has 1 aromatic carbocycles. The molecule has 1 aliphatic heterocycles. The number of carbonyl (C=O) groups is 1. The van der Waals surface area contributed by atoms with Gasteiger partial charge in [0.1, 0.15) is 5.56 Å². The maximum Gasteiger partial charge on any atom is 0.283 e. The average Bonchev–Trinajstić information content (AvgIpc) is 2.46. The summed E-state index contributed by atoms with van der Waals surface area (Å²) in [6, 6.07) is 4.42. The van der Waals surface area contributed by atoms with Crippen LogP contribution in [0.4, 0.5) is 5.69 Å². The van der Waals surface area contributed by atoms with Crippen LogP contribution in [-0.2, 0) is 0 Å². The van der Waals surface area contributed by atoms with Crippen LogP contribution >= 0.6 is 15.9 Å². The topological polar surface area (TPSA) is 83.7 Å². The fraction of sp³-hybridized carbons (Fsp3) is 0.462. The highest BCUT2D eigenvalue weighted by atomic mass is 79.9. The summed E-state index contributed by atoms with van der Waals surface area (Å²) < 4.78 is 0.563.